The van der Waals surface area contributed by atoms with Crippen molar-refractivity contribution in [1.82, 2.24) is 15.4 Å². The molecular weight excluding hydrogens is 608 g/mol. The van der Waals surface area contributed by atoms with Crippen LogP contribution in [0.25, 0.3) is 10.9 Å². The van der Waals surface area contributed by atoms with Crippen molar-refractivity contribution in [2.75, 3.05) is 6.54 Å². The minimum atomic E-state index is -5.20. The van der Waals surface area contributed by atoms with Gasteiger partial charge in [0.25, 0.3) is 5.69 Å². The summed E-state index contributed by atoms with van der Waals surface area (Å²) in [6.07, 6.45) is -8.19. The van der Waals surface area contributed by atoms with Gasteiger partial charge in [-0.05, 0) is 42.7 Å². The molecule has 3 aromatic carbocycles. The van der Waals surface area contributed by atoms with E-state index in [9.17, 15) is 46.0 Å². The Labute approximate surface area is 251 Å². The van der Waals surface area contributed by atoms with E-state index in [1.807, 2.05) is 0 Å². The van der Waals surface area contributed by atoms with E-state index in [2.05, 4.69) is 15.4 Å². The number of piperidine rings is 1. The molecule has 0 saturated carbocycles. The van der Waals surface area contributed by atoms with Crippen molar-refractivity contribution in [1.29, 1.82) is 0 Å². The molecule has 2 amide bonds. The van der Waals surface area contributed by atoms with Crippen molar-refractivity contribution in [2.45, 2.75) is 44.1 Å². The summed E-state index contributed by atoms with van der Waals surface area (Å²) in [7, 11) is 0. The Bertz CT molecular complexity index is 1740. The number of nitro benzene ring substituents is 1. The zero-order valence-electron chi connectivity index (χ0n) is 23.2. The van der Waals surface area contributed by atoms with Crippen LogP contribution in [0.4, 0.5) is 32.0 Å². The Balaban J connectivity index is 1.65. The molecule has 4 aromatic rings. The average molecular weight is 633 g/mol. The maximum absolute atomic E-state index is 14.4. The number of carbonyl (C=O) groups excluding carboxylic acids is 2. The van der Waals surface area contributed by atoms with Gasteiger partial charge in [0.15, 0.2) is 0 Å². The first-order valence-electron chi connectivity index (χ1n) is 13.7. The first-order valence-corrected chi connectivity index (χ1v) is 13.7. The fourth-order valence-electron chi connectivity index (χ4n) is 5.62. The minimum absolute atomic E-state index is 0.0135. The molecular formula is C30H24F6N5O4+. The molecule has 45 heavy (non-hydrogen) atoms. The normalized spacial score (nSPS) is 18.8. The van der Waals surface area contributed by atoms with Crippen molar-refractivity contribution < 1.29 is 45.4 Å². The van der Waals surface area contributed by atoms with Crippen LogP contribution in [0.3, 0.4) is 0 Å². The lowest BCUT2D eigenvalue weighted by Crippen LogP contribution is -2.70. The molecule has 0 spiro atoms. The fraction of sp³-hybridized carbons (Fsp3) is 0.267. The summed E-state index contributed by atoms with van der Waals surface area (Å²) in [5.74, 6) is -2.06. The Kier molecular flexibility index (Phi) is 8.31. The number of hydrogen-bond acceptors (Lipinski definition) is 6. The summed E-state index contributed by atoms with van der Waals surface area (Å²) in [5.41, 5.74) is -1.04. The highest BCUT2D eigenvalue weighted by Gasteiger charge is 2.50. The van der Waals surface area contributed by atoms with E-state index in [0.29, 0.717) is 41.4 Å². The van der Waals surface area contributed by atoms with E-state index >= 15 is 0 Å². The summed E-state index contributed by atoms with van der Waals surface area (Å²) in [6.45, 7) is -0.150. The van der Waals surface area contributed by atoms with Crippen LogP contribution in [0.5, 0.6) is 0 Å². The second kappa shape index (κ2) is 11.9. The van der Waals surface area contributed by atoms with Crippen molar-refractivity contribution in [3.05, 3.63) is 111 Å². The first kappa shape index (κ1) is 31.5. The molecule has 0 radical (unpaired) electrons. The Hall–Kier alpha value is -4.92. The van der Waals surface area contributed by atoms with Gasteiger partial charge in [-0.1, -0.05) is 30.3 Å². The number of halogens is 6. The van der Waals surface area contributed by atoms with E-state index in [0.717, 1.165) is 6.33 Å². The van der Waals surface area contributed by atoms with E-state index in [-0.39, 0.29) is 36.8 Å². The fourth-order valence-corrected chi connectivity index (χ4v) is 5.62. The molecule has 2 heterocycles. The van der Waals surface area contributed by atoms with Gasteiger partial charge in [0.2, 0.25) is 0 Å². The van der Waals surface area contributed by atoms with Gasteiger partial charge >= 0.3 is 24.2 Å². The number of amides is 2. The third-order valence-electron chi connectivity index (χ3n) is 7.80. The van der Waals surface area contributed by atoms with Crippen molar-refractivity contribution in [2.24, 2.45) is 0 Å². The number of non-ortho nitro benzene ring substituents is 1. The number of hydrogen-bond donors (Lipinski definition) is 1. The largest absolute Gasteiger partial charge is 0.416 e. The number of quaternary nitrogens is 1. The highest BCUT2D eigenvalue weighted by molar-refractivity contribution is 6.04. The second-order valence-electron chi connectivity index (χ2n) is 10.6. The van der Waals surface area contributed by atoms with Crippen LogP contribution >= 0.6 is 0 Å². The highest BCUT2D eigenvalue weighted by atomic mass is 19.4. The average Bonchev–Trinajstić information content (AvgIpc) is 3.00. The van der Waals surface area contributed by atoms with Gasteiger partial charge in [-0.3, -0.25) is 14.9 Å². The standard InChI is InChI=1S/C30H23F6N5O4/c31-29(32,33)20-14-19(15-21(16-20)30(34,35)36)28(43)41(39-27(42)26-24-6-1-2-7-25(24)37-17-38-26)12-4-3-5-23(41)13-18-8-10-22(11-9-18)40(44)45/h1-2,6-11,14-17,23H,3-5,12-13H2/p+1/t23-,41?/m1/s1. The van der Waals surface area contributed by atoms with Crippen molar-refractivity contribution in [3.63, 3.8) is 0 Å². The Morgan fingerprint density at radius 2 is 1.56 bits per heavy atom. The molecule has 9 nitrogen and oxygen atoms in total. The zero-order chi connectivity index (χ0) is 32.6. The third-order valence-corrected chi connectivity index (χ3v) is 7.80. The number of benzene rings is 3. The third kappa shape index (κ3) is 6.48. The maximum atomic E-state index is 14.4. The smallest absolute Gasteiger partial charge is 0.262 e. The van der Waals surface area contributed by atoms with Crippen LogP contribution in [0.2, 0.25) is 0 Å². The number of likely N-dealkylation sites (tertiary alicyclic amines) is 1. The number of fused-ring (bicyclic) bond motifs is 1. The number of para-hydroxylation sites is 1. The second-order valence-corrected chi connectivity index (χ2v) is 10.6. The summed E-state index contributed by atoms with van der Waals surface area (Å²) >= 11 is 0. The van der Waals surface area contributed by atoms with Crippen LogP contribution in [-0.4, -0.2) is 43.9 Å². The molecule has 234 valence electrons. The van der Waals surface area contributed by atoms with E-state index in [1.165, 1.54) is 24.3 Å². The molecule has 5 rings (SSSR count). The highest BCUT2D eigenvalue weighted by Crippen LogP contribution is 2.38. The van der Waals surface area contributed by atoms with Gasteiger partial charge in [-0.15, -0.1) is 0 Å². The van der Waals surface area contributed by atoms with Gasteiger partial charge in [0.1, 0.15) is 24.6 Å². The number of alkyl halides is 6. The molecule has 1 aliphatic rings. The first-order chi connectivity index (χ1) is 21.2. The number of nitrogens with zero attached hydrogens (tertiary/aromatic N) is 4. The molecule has 1 saturated heterocycles. The quantitative estimate of drug-likeness (QED) is 0.114. The number of rotatable bonds is 5. The van der Waals surface area contributed by atoms with E-state index in [1.54, 1.807) is 24.3 Å². The molecule has 1 aromatic heterocycles. The van der Waals surface area contributed by atoms with Gasteiger partial charge in [-0.25, -0.2) is 14.8 Å². The number of nitrogens with one attached hydrogen (secondary N) is 1. The Morgan fingerprint density at radius 3 is 2.18 bits per heavy atom. The summed E-state index contributed by atoms with van der Waals surface area (Å²) in [5, 5.41) is 11.4. The molecule has 2 atom stereocenters. The molecule has 1 fully saturated rings. The number of aromatic nitrogens is 2. The molecule has 1 N–H and O–H groups in total. The molecule has 15 heteroatoms. The minimum Gasteiger partial charge on any atom is -0.262 e. The summed E-state index contributed by atoms with van der Waals surface area (Å²) in [6, 6.07) is 11.6. The maximum Gasteiger partial charge on any atom is 0.416 e. The van der Waals surface area contributed by atoms with Gasteiger partial charge < -0.3 is 0 Å². The van der Waals surface area contributed by atoms with E-state index < -0.39 is 56.4 Å². The summed E-state index contributed by atoms with van der Waals surface area (Å²) in [4.78, 5) is 46.9. The van der Waals surface area contributed by atoms with Gasteiger partial charge in [0, 0.05) is 30.4 Å². The lowest BCUT2D eigenvalue weighted by Gasteiger charge is -2.44. The van der Waals surface area contributed by atoms with E-state index in [4.69, 9.17) is 0 Å². The van der Waals surface area contributed by atoms with Crippen LogP contribution in [0, 0.1) is 10.1 Å². The number of carbonyl (C=O) groups is 2. The molecule has 1 unspecified atom stereocenters. The lowest BCUT2D eigenvalue weighted by molar-refractivity contribution is -0.913. The molecule has 1 aliphatic heterocycles. The molecule has 0 aliphatic carbocycles. The lowest BCUT2D eigenvalue weighted by atomic mass is 9.92. The van der Waals surface area contributed by atoms with Gasteiger partial charge in [0.05, 0.1) is 27.1 Å². The zero-order valence-corrected chi connectivity index (χ0v) is 23.2. The number of nitro groups is 1. The van der Waals surface area contributed by atoms with Crippen LogP contribution in [0.15, 0.2) is 73.1 Å². The van der Waals surface area contributed by atoms with Crippen molar-refractivity contribution >= 4 is 28.4 Å². The van der Waals surface area contributed by atoms with Gasteiger partial charge in [-0.2, -0.15) is 36.4 Å². The molecule has 0 bridgehead atoms. The van der Waals surface area contributed by atoms with Crippen LogP contribution in [0.1, 0.15) is 56.8 Å². The predicted molar refractivity (Wildman–Crippen MR) is 147 cm³/mol. The van der Waals surface area contributed by atoms with Crippen LogP contribution < -0.4 is 5.43 Å². The topological polar surface area (TPSA) is 115 Å². The van der Waals surface area contributed by atoms with Crippen LogP contribution in [-0.2, 0) is 18.8 Å². The van der Waals surface area contributed by atoms with Crippen molar-refractivity contribution in [3.8, 4) is 0 Å². The monoisotopic (exact) mass is 632 g/mol. The predicted octanol–water partition coefficient (Wildman–Crippen LogP) is 6.67. The summed E-state index contributed by atoms with van der Waals surface area (Å²) < 4.78 is 81.5. The Morgan fingerprint density at radius 1 is 0.911 bits per heavy atom. The SMILES string of the molecule is O=C(N[N+]1(C(=O)c2cc(C(F)(F)F)cc(C(F)(F)F)c2)CCCC[C@@H]1Cc1ccc([N+](=O)[O-])cc1)c1ncnc2ccccc12.